The summed E-state index contributed by atoms with van der Waals surface area (Å²) in [7, 11) is 1.75. The number of carbonyl (C=O) groups is 1. The molecule has 110 valence electrons. The van der Waals surface area contributed by atoms with Gasteiger partial charge in [0.25, 0.3) is 0 Å². The third kappa shape index (κ3) is 3.38. The van der Waals surface area contributed by atoms with Crippen LogP contribution in [0.2, 0.25) is 0 Å². The minimum Gasteiger partial charge on any atom is -0.383 e. The third-order valence-electron chi connectivity index (χ3n) is 4.04. The number of carbonyl (C=O) groups excluding carboxylic acids is 1. The van der Waals surface area contributed by atoms with Crippen molar-refractivity contribution < 1.29 is 9.53 Å². The highest BCUT2D eigenvalue weighted by Gasteiger charge is 2.18. The number of nitrogens with zero attached hydrogens (tertiary/aromatic N) is 2. The number of hydrogen-bond acceptors (Lipinski definition) is 4. The Morgan fingerprint density at radius 2 is 1.85 bits per heavy atom. The van der Waals surface area contributed by atoms with Gasteiger partial charge in [-0.3, -0.25) is 9.69 Å². The highest BCUT2D eigenvalue weighted by atomic mass is 16.5. The van der Waals surface area contributed by atoms with Gasteiger partial charge in [-0.05, 0) is 37.1 Å². The van der Waals surface area contributed by atoms with E-state index in [4.69, 9.17) is 4.74 Å². The van der Waals surface area contributed by atoms with Crippen LogP contribution in [0.15, 0.2) is 12.1 Å². The van der Waals surface area contributed by atoms with Crippen LogP contribution in [0.5, 0.6) is 0 Å². The molecular weight excluding hydrogens is 252 g/mol. The summed E-state index contributed by atoms with van der Waals surface area (Å²) in [6.07, 6.45) is 0.939. The SMILES string of the molecule is COCCN1CCN(c2cc(C)c(C=O)cc2C)CC1. The number of rotatable bonds is 5. The predicted octanol–water partition coefficient (Wildman–Crippen LogP) is 1.88. The fourth-order valence-corrected chi connectivity index (χ4v) is 2.72. The Labute approximate surface area is 121 Å². The molecule has 0 spiro atoms. The summed E-state index contributed by atoms with van der Waals surface area (Å²) < 4.78 is 5.13. The number of benzene rings is 1. The van der Waals surface area contributed by atoms with Crippen molar-refractivity contribution in [1.29, 1.82) is 0 Å². The van der Waals surface area contributed by atoms with Gasteiger partial charge in [0, 0.05) is 51.1 Å². The number of piperazine rings is 1. The van der Waals surface area contributed by atoms with E-state index in [1.807, 2.05) is 13.0 Å². The van der Waals surface area contributed by atoms with Crippen LogP contribution < -0.4 is 4.90 Å². The van der Waals surface area contributed by atoms with E-state index in [0.717, 1.165) is 56.7 Å². The van der Waals surface area contributed by atoms with Gasteiger partial charge in [-0.1, -0.05) is 0 Å². The Morgan fingerprint density at radius 1 is 1.15 bits per heavy atom. The van der Waals surface area contributed by atoms with Gasteiger partial charge in [-0.15, -0.1) is 0 Å². The summed E-state index contributed by atoms with van der Waals surface area (Å²) in [5, 5.41) is 0. The lowest BCUT2D eigenvalue weighted by molar-refractivity contribution is 0.112. The van der Waals surface area contributed by atoms with Gasteiger partial charge < -0.3 is 9.64 Å². The molecule has 0 bridgehead atoms. The number of methoxy groups -OCH3 is 1. The summed E-state index contributed by atoms with van der Waals surface area (Å²) in [5.41, 5.74) is 4.30. The molecule has 20 heavy (non-hydrogen) atoms. The van der Waals surface area contributed by atoms with Crippen LogP contribution in [0.3, 0.4) is 0 Å². The molecule has 0 saturated carbocycles. The normalized spacial score (nSPS) is 16.4. The van der Waals surface area contributed by atoms with E-state index in [1.165, 1.54) is 11.3 Å². The van der Waals surface area contributed by atoms with Crippen molar-refractivity contribution in [1.82, 2.24) is 4.90 Å². The molecule has 1 aliphatic rings. The third-order valence-corrected chi connectivity index (χ3v) is 4.04. The fraction of sp³-hybridized carbons (Fsp3) is 0.562. The van der Waals surface area contributed by atoms with E-state index in [-0.39, 0.29) is 0 Å². The maximum Gasteiger partial charge on any atom is 0.150 e. The highest BCUT2D eigenvalue weighted by molar-refractivity contribution is 5.79. The first-order chi connectivity index (χ1) is 9.65. The fourth-order valence-electron chi connectivity index (χ4n) is 2.72. The number of aldehydes is 1. The molecule has 0 aliphatic carbocycles. The van der Waals surface area contributed by atoms with Gasteiger partial charge in [0.05, 0.1) is 6.61 Å². The predicted molar refractivity (Wildman–Crippen MR) is 81.8 cm³/mol. The molecule has 0 amide bonds. The van der Waals surface area contributed by atoms with Crippen molar-refractivity contribution in [2.75, 3.05) is 51.3 Å². The van der Waals surface area contributed by atoms with E-state index in [9.17, 15) is 4.79 Å². The largest absolute Gasteiger partial charge is 0.383 e. The Morgan fingerprint density at radius 3 is 2.45 bits per heavy atom. The standard InChI is InChI=1S/C16H24N2O2/c1-13-11-16(14(2)10-15(13)12-19)18-6-4-17(5-7-18)8-9-20-3/h10-12H,4-9H2,1-3H3. The average Bonchev–Trinajstić information content (AvgIpc) is 2.47. The quantitative estimate of drug-likeness (QED) is 0.769. The number of hydrogen-bond donors (Lipinski definition) is 0. The Balaban J connectivity index is 2.03. The summed E-state index contributed by atoms with van der Waals surface area (Å²) >= 11 is 0. The van der Waals surface area contributed by atoms with Crippen LogP contribution in [0, 0.1) is 13.8 Å². The minimum absolute atomic E-state index is 0.796. The van der Waals surface area contributed by atoms with E-state index in [1.54, 1.807) is 7.11 Å². The molecule has 0 N–H and O–H groups in total. The molecule has 1 saturated heterocycles. The maximum absolute atomic E-state index is 11.0. The lowest BCUT2D eigenvalue weighted by Crippen LogP contribution is -2.47. The summed E-state index contributed by atoms with van der Waals surface area (Å²) in [5.74, 6) is 0. The summed E-state index contributed by atoms with van der Waals surface area (Å²) in [6, 6.07) is 4.14. The molecule has 1 heterocycles. The van der Waals surface area contributed by atoms with Gasteiger partial charge in [0.1, 0.15) is 6.29 Å². The Bertz CT molecular complexity index is 466. The van der Waals surface area contributed by atoms with Crippen LogP contribution in [0.4, 0.5) is 5.69 Å². The maximum atomic E-state index is 11.0. The summed E-state index contributed by atoms with van der Waals surface area (Å²) in [6.45, 7) is 10.1. The van der Waals surface area contributed by atoms with Gasteiger partial charge in [-0.25, -0.2) is 0 Å². The molecule has 1 aromatic carbocycles. The molecule has 4 nitrogen and oxygen atoms in total. The van der Waals surface area contributed by atoms with Gasteiger partial charge in [0.2, 0.25) is 0 Å². The van der Waals surface area contributed by atoms with Gasteiger partial charge in [0.15, 0.2) is 0 Å². The van der Waals surface area contributed by atoms with Gasteiger partial charge >= 0.3 is 0 Å². The number of aryl methyl sites for hydroxylation is 2. The van der Waals surface area contributed by atoms with Crippen LogP contribution in [-0.2, 0) is 4.74 Å². The second kappa shape index (κ2) is 6.86. The van der Waals surface area contributed by atoms with Crippen molar-refractivity contribution in [3.63, 3.8) is 0 Å². The zero-order valence-electron chi connectivity index (χ0n) is 12.7. The Kier molecular flexibility index (Phi) is 5.15. The molecule has 0 atom stereocenters. The van der Waals surface area contributed by atoms with Crippen molar-refractivity contribution in [3.05, 3.63) is 28.8 Å². The van der Waals surface area contributed by atoms with Crippen LogP contribution in [0.1, 0.15) is 21.5 Å². The monoisotopic (exact) mass is 276 g/mol. The number of ether oxygens (including phenoxy) is 1. The molecule has 0 unspecified atom stereocenters. The molecular formula is C16H24N2O2. The molecule has 0 radical (unpaired) electrons. The average molecular weight is 276 g/mol. The van der Waals surface area contributed by atoms with Crippen LogP contribution >= 0.6 is 0 Å². The van der Waals surface area contributed by atoms with E-state index >= 15 is 0 Å². The molecule has 1 aliphatic heterocycles. The molecule has 4 heteroatoms. The Hall–Kier alpha value is -1.39. The number of anilines is 1. The van der Waals surface area contributed by atoms with E-state index in [2.05, 4.69) is 22.8 Å². The van der Waals surface area contributed by atoms with Crippen molar-refractivity contribution in [2.24, 2.45) is 0 Å². The van der Waals surface area contributed by atoms with Gasteiger partial charge in [-0.2, -0.15) is 0 Å². The highest BCUT2D eigenvalue weighted by Crippen LogP contribution is 2.24. The second-order valence-corrected chi connectivity index (χ2v) is 5.43. The van der Waals surface area contributed by atoms with Crippen molar-refractivity contribution in [3.8, 4) is 0 Å². The first-order valence-corrected chi connectivity index (χ1v) is 7.18. The van der Waals surface area contributed by atoms with Crippen molar-refractivity contribution in [2.45, 2.75) is 13.8 Å². The topological polar surface area (TPSA) is 32.8 Å². The summed E-state index contributed by atoms with van der Waals surface area (Å²) in [4.78, 5) is 15.8. The van der Waals surface area contributed by atoms with E-state index in [0.29, 0.717) is 0 Å². The zero-order chi connectivity index (χ0) is 14.5. The molecule has 2 rings (SSSR count). The molecule has 1 aromatic rings. The van der Waals surface area contributed by atoms with Crippen LogP contribution in [-0.4, -0.2) is 57.6 Å². The smallest absolute Gasteiger partial charge is 0.150 e. The van der Waals surface area contributed by atoms with Crippen LogP contribution in [0.25, 0.3) is 0 Å². The van der Waals surface area contributed by atoms with E-state index < -0.39 is 0 Å². The first-order valence-electron chi connectivity index (χ1n) is 7.18. The van der Waals surface area contributed by atoms with Crippen molar-refractivity contribution >= 4 is 12.0 Å². The first kappa shape index (κ1) is 15.0. The second-order valence-electron chi connectivity index (χ2n) is 5.43. The molecule has 1 fully saturated rings. The lowest BCUT2D eigenvalue weighted by Gasteiger charge is -2.37. The minimum atomic E-state index is 0.796. The zero-order valence-corrected chi connectivity index (χ0v) is 12.7. The molecule has 0 aromatic heterocycles. The lowest BCUT2D eigenvalue weighted by atomic mass is 10.0.